The fourth-order valence-corrected chi connectivity index (χ4v) is 3.31. The Balaban J connectivity index is 2.25. The number of hydrogen-bond acceptors (Lipinski definition) is 0. The minimum absolute atomic E-state index is 0.926. The van der Waals surface area contributed by atoms with E-state index in [2.05, 4.69) is 62.0 Å². The number of benzene rings is 4. The first-order valence-corrected chi connectivity index (χ1v) is 7.06. The lowest BCUT2D eigenvalue weighted by Crippen LogP contribution is -1.88. The van der Waals surface area contributed by atoms with E-state index in [1.54, 1.807) is 0 Å². The molecule has 0 saturated heterocycles. The molecule has 0 nitrogen and oxygen atoms in total. The molecule has 0 aliphatic rings. The van der Waals surface area contributed by atoms with Crippen LogP contribution in [0.15, 0.2) is 61.2 Å². The number of aryl methyl sites for hydroxylation is 1. The van der Waals surface area contributed by atoms with Gasteiger partial charge in [0.1, 0.15) is 0 Å². The summed E-state index contributed by atoms with van der Waals surface area (Å²) in [5.41, 5.74) is 2.68. The zero-order valence-corrected chi connectivity index (χ0v) is 11.6. The van der Waals surface area contributed by atoms with E-state index in [-0.39, 0.29) is 0 Å². The predicted octanol–water partition coefficient (Wildman–Crippen LogP) is 5.62. The van der Waals surface area contributed by atoms with Crippen molar-refractivity contribution < 1.29 is 0 Å². The summed E-state index contributed by atoms with van der Waals surface area (Å²) in [4.78, 5) is 0. The SMILES string of the molecule is C=CCc1cc2ccc3ccc(C)c4ccc(c1)c2c34. The number of hydrogen-bond donors (Lipinski definition) is 0. The van der Waals surface area contributed by atoms with Crippen LogP contribution in [0.1, 0.15) is 11.1 Å². The normalized spacial score (nSPS) is 11.7. The Bertz CT molecular complexity index is 926. The summed E-state index contributed by atoms with van der Waals surface area (Å²) < 4.78 is 0. The summed E-state index contributed by atoms with van der Waals surface area (Å²) in [7, 11) is 0. The third-order valence-corrected chi connectivity index (χ3v) is 4.26. The Morgan fingerprint density at radius 2 is 1.50 bits per heavy atom. The van der Waals surface area contributed by atoms with Gasteiger partial charge >= 0.3 is 0 Å². The molecule has 0 fully saturated rings. The first-order valence-electron chi connectivity index (χ1n) is 7.06. The monoisotopic (exact) mass is 256 g/mol. The molecule has 0 N–H and O–H groups in total. The van der Waals surface area contributed by atoms with Crippen molar-refractivity contribution in [3.63, 3.8) is 0 Å². The molecule has 0 spiro atoms. The zero-order valence-electron chi connectivity index (χ0n) is 11.6. The average molecular weight is 256 g/mol. The molecule has 4 rings (SSSR count). The van der Waals surface area contributed by atoms with Crippen molar-refractivity contribution in [1.82, 2.24) is 0 Å². The highest BCUT2D eigenvalue weighted by atomic mass is 14.1. The Labute approximate surface area is 118 Å². The van der Waals surface area contributed by atoms with Gasteiger partial charge in [-0.05, 0) is 56.8 Å². The molecular formula is C20H16. The highest BCUT2D eigenvalue weighted by molar-refractivity contribution is 6.23. The molecule has 0 unspecified atom stereocenters. The van der Waals surface area contributed by atoms with Crippen molar-refractivity contribution in [2.24, 2.45) is 0 Å². The number of rotatable bonds is 2. The average Bonchev–Trinajstić information content (AvgIpc) is 2.46. The van der Waals surface area contributed by atoms with Gasteiger partial charge in [-0.3, -0.25) is 0 Å². The highest BCUT2D eigenvalue weighted by Crippen LogP contribution is 2.36. The van der Waals surface area contributed by atoms with Crippen LogP contribution in [0, 0.1) is 6.92 Å². The fraction of sp³-hybridized carbons (Fsp3) is 0.100. The summed E-state index contributed by atoms with van der Waals surface area (Å²) in [6.07, 6.45) is 2.90. The van der Waals surface area contributed by atoms with Crippen LogP contribution in [0.4, 0.5) is 0 Å². The quantitative estimate of drug-likeness (QED) is 0.322. The molecule has 0 heteroatoms. The third-order valence-electron chi connectivity index (χ3n) is 4.26. The fourth-order valence-electron chi connectivity index (χ4n) is 3.31. The van der Waals surface area contributed by atoms with Gasteiger partial charge in [-0.25, -0.2) is 0 Å². The molecular weight excluding hydrogens is 240 g/mol. The lowest BCUT2D eigenvalue weighted by Gasteiger charge is -2.13. The molecule has 0 heterocycles. The van der Waals surface area contributed by atoms with Crippen molar-refractivity contribution in [3.8, 4) is 0 Å². The second-order valence-electron chi connectivity index (χ2n) is 5.57. The summed E-state index contributed by atoms with van der Waals surface area (Å²) in [5, 5.41) is 8.19. The minimum atomic E-state index is 0.926. The minimum Gasteiger partial charge on any atom is -0.103 e. The molecule has 0 radical (unpaired) electrons. The lowest BCUT2D eigenvalue weighted by molar-refractivity contribution is 1.30. The molecule has 0 aliphatic carbocycles. The highest BCUT2D eigenvalue weighted by Gasteiger charge is 2.09. The second kappa shape index (κ2) is 4.08. The standard InChI is InChI=1S/C20H16/c1-3-4-14-11-16-8-7-15-6-5-13(2)18-10-9-17(12-14)19(16)20(15)18/h3,5-12H,1,4H2,2H3. The summed E-state index contributed by atoms with van der Waals surface area (Å²) in [6, 6.07) is 18.0. The van der Waals surface area contributed by atoms with E-state index in [1.807, 2.05) is 6.08 Å². The summed E-state index contributed by atoms with van der Waals surface area (Å²) in [5.74, 6) is 0. The lowest BCUT2D eigenvalue weighted by atomic mass is 9.91. The summed E-state index contributed by atoms with van der Waals surface area (Å²) >= 11 is 0. The molecule has 0 atom stereocenters. The second-order valence-corrected chi connectivity index (χ2v) is 5.57. The maximum Gasteiger partial charge on any atom is -0.00241 e. The van der Waals surface area contributed by atoms with E-state index in [0.29, 0.717) is 0 Å². The molecule has 0 bridgehead atoms. The van der Waals surface area contributed by atoms with E-state index in [0.717, 1.165) is 6.42 Å². The van der Waals surface area contributed by atoms with Gasteiger partial charge < -0.3 is 0 Å². The van der Waals surface area contributed by atoms with Crippen molar-refractivity contribution in [2.75, 3.05) is 0 Å². The van der Waals surface area contributed by atoms with Crippen molar-refractivity contribution in [1.29, 1.82) is 0 Å². The van der Waals surface area contributed by atoms with Crippen molar-refractivity contribution in [2.45, 2.75) is 13.3 Å². The van der Waals surface area contributed by atoms with Crippen molar-refractivity contribution >= 4 is 32.3 Å². The molecule has 0 aromatic heterocycles. The molecule has 96 valence electrons. The Hall–Kier alpha value is -2.34. The van der Waals surface area contributed by atoms with Crippen molar-refractivity contribution in [3.05, 3.63) is 72.3 Å². The zero-order chi connectivity index (χ0) is 13.7. The van der Waals surface area contributed by atoms with Crippen LogP contribution < -0.4 is 0 Å². The first-order chi connectivity index (χ1) is 9.78. The van der Waals surface area contributed by atoms with Gasteiger partial charge in [0.25, 0.3) is 0 Å². The molecule has 4 aromatic rings. The van der Waals surface area contributed by atoms with Crippen LogP contribution in [0.5, 0.6) is 0 Å². The summed E-state index contributed by atoms with van der Waals surface area (Å²) in [6.45, 7) is 6.04. The maximum absolute atomic E-state index is 3.85. The Morgan fingerprint density at radius 1 is 0.850 bits per heavy atom. The van der Waals surface area contributed by atoms with Crippen LogP contribution in [0.3, 0.4) is 0 Å². The Morgan fingerprint density at radius 3 is 2.25 bits per heavy atom. The largest absolute Gasteiger partial charge is 0.103 e. The van der Waals surface area contributed by atoms with Gasteiger partial charge in [0.05, 0.1) is 0 Å². The first kappa shape index (κ1) is 11.5. The van der Waals surface area contributed by atoms with Crippen LogP contribution in [-0.4, -0.2) is 0 Å². The molecule has 4 aromatic carbocycles. The molecule has 20 heavy (non-hydrogen) atoms. The van der Waals surface area contributed by atoms with Gasteiger partial charge in [-0.15, -0.1) is 6.58 Å². The van der Waals surface area contributed by atoms with Gasteiger partial charge in [0.2, 0.25) is 0 Å². The van der Waals surface area contributed by atoms with E-state index < -0.39 is 0 Å². The van der Waals surface area contributed by atoms with Gasteiger partial charge in [0.15, 0.2) is 0 Å². The van der Waals surface area contributed by atoms with E-state index >= 15 is 0 Å². The maximum atomic E-state index is 3.85. The van der Waals surface area contributed by atoms with Crippen LogP contribution in [0.25, 0.3) is 32.3 Å². The Kier molecular flexibility index (Phi) is 2.34. The number of allylic oxidation sites excluding steroid dienone is 1. The predicted molar refractivity (Wildman–Crippen MR) is 88.8 cm³/mol. The molecule has 0 aliphatic heterocycles. The molecule has 0 amide bonds. The van der Waals surface area contributed by atoms with Crippen LogP contribution in [0.2, 0.25) is 0 Å². The van der Waals surface area contributed by atoms with E-state index in [1.165, 1.54) is 43.4 Å². The van der Waals surface area contributed by atoms with Gasteiger partial charge in [-0.1, -0.05) is 54.6 Å². The van der Waals surface area contributed by atoms with Gasteiger partial charge in [0, 0.05) is 0 Å². The smallest absolute Gasteiger partial charge is 0.00241 e. The van der Waals surface area contributed by atoms with Crippen LogP contribution >= 0.6 is 0 Å². The van der Waals surface area contributed by atoms with E-state index in [4.69, 9.17) is 0 Å². The van der Waals surface area contributed by atoms with Crippen LogP contribution in [-0.2, 0) is 6.42 Å². The van der Waals surface area contributed by atoms with Gasteiger partial charge in [-0.2, -0.15) is 0 Å². The molecule has 0 saturated carbocycles. The third kappa shape index (κ3) is 1.48. The topological polar surface area (TPSA) is 0 Å². The van der Waals surface area contributed by atoms with E-state index in [9.17, 15) is 0 Å².